The zero-order chi connectivity index (χ0) is 14.3. The lowest BCUT2D eigenvalue weighted by atomic mass is 9.93. The van der Waals surface area contributed by atoms with Crippen molar-refractivity contribution in [1.29, 1.82) is 0 Å². The Labute approximate surface area is 121 Å². The van der Waals surface area contributed by atoms with Gasteiger partial charge in [-0.15, -0.1) is 0 Å². The number of nitrogens with zero attached hydrogens (tertiary/aromatic N) is 2. The van der Waals surface area contributed by atoms with Crippen LogP contribution >= 0.6 is 15.9 Å². The molecule has 102 valence electrons. The number of hydrogen-bond acceptors (Lipinski definition) is 3. The van der Waals surface area contributed by atoms with Gasteiger partial charge in [0, 0.05) is 22.6 Å². The number of nitrogen functional groups attached to an aromatic ring is 1. The fraction of sp³-hybridized carbons (Fsp3) is 0.357. The summed E-state index contributed by atoms with van der Waals surface area (Å²) in [5.74, 6) is 1.06. The topological polar surface area (TPSA) is 64.1 Å². The second kappa shape index (κ2) is 4.89. The summed E-state index contributed by atoms with van der Waals surface area (Å²) in [6.45, 7) is 6.05. The number of anilines is 1. The zero-order valence-electron chi connectivity index (χ0n) is 11.5. The summed E-state index contributed by atoms with van der Waals surface area (Å²) in [5.41, 5.74) is 9.40. The van der Waals surface area contributed by atoms with Crippen LogP contribution in [-0.2, 0) is 7.05 Å². The molecule has 0 unspecified atom stereocenters. The highest BCUT2D eigenvalue weighted by Crippen LogP contribution is 2.43. The van der Waals surface area contributed by atoms with E-state index in [-0.39, 0.29) is 11.7 Å². The Hall–Kier alpha value is -1.49. The van der Waals surface area contributed by atoms with Gasteiger partial charge in [-0.2, -0.15) is 5.10 Å². The van der Waals surface area contributed by atoms with Gasteiger partial charge < -0.3 is 10.8 Å². The molecular weight excluding hydrogens is 306 g/mol. The molecule has 0 bridgehead atoms. The van der Waals surface area contributed by atoms with Gasteiger partial charge in [-0.1, -0.05) is 29.8 Å². The second-order valence-corrected chi connectivity index (χ2v) is 5.87. The summed E-state index contributed by atoms with van der Waals surface area (Å²) < 4.78 is 2.57. The number of hydrogen-bond donors (Lipinski definition) is 2. The number of aryl methyl sites for hydroxylation is 1. The summed E-state index contributed by atoms with van der Waals surface area (Å²) in [7, 11) is 1.78. The Morgan fingerprint density at radius 3 is 2.53 bits per heavy atom. The number of nitrogens with two attached hydrogens (primary N) is 1. The SMILES string of the molecule is Cc1c(Br)cc(C(C)C)c(O)c1-c1cnn(C)c1N. The fourth-order valence-corrected chi connectivity index (χ4v) is 2.61. The van der Waals surface area contributed by atoms with Crippen LogP contribution in [-0.4, -0.2) is 14.9 Å². The normalized spacial score (nSPS) is 11.3. The standard InChI is InChI=1S/C14H18BrN3O/c1-7(2)9-5-11(15)8(3)12(13(9)19)10-6-17-18(4)14(10)16/h5-7,19H,16H2,1-4H3. The summed E-state index contributed by atoms with van der Waals surface area (Å²) in [6, 6.07) is 1.96. The molecule has 0 aliphatic rings. The Bertz CT molecular complexity index is 632. The largest absolute Gasteiger partial charge is 0.507 e. The van der Waals surface area contributed by atoms with Crippen molar-refractivity contribution < 1.29 is 5.11 Å². The predicted octanol–water partition coefficient (Wildman–Crippen LogP) is 3.57. The molecular formula is C14H18BrN3O. The molecule has 5 heteroatoms. The van der Waals surface area contributed by atoms with Crippen molar-refractivity contribution in [1.82, 2.24) is 9.78 Å². The summed E-state index contributed by atoms with van der Waals surface area (Å²) in [5, 5.41) is 14.7. The Kier molecular flexibility index (Phi) is 3.58. The van der Waals surface area contributed by atoms with Gasteiger partial charge in [0.15, 0.2) is 0 Å². The molecule has 0 aliphatic carbocycles. The smallest absolute Gasteiger partial charge is 0.129 e. The summed E-state index contributed by atoms with van der Waals surface area (Å²) >= 11 is 3.55. The molecule has 2 aromatic rings. The van der Waals surface area contributed by atoms with Crippen molar-refractivity contribution in [3.05, 3.63) is 27.9 Å². The molecule has 0 spiro atoms. The fourth-order valence-electron chi connectivity index (χ4n) is 2.16. The second-order valence-electron chi connectivity index (χ2n) is 5.02. The van der Waals surface area contributed by atoms with Crippen molar-refractivity contribution in [3.63, 3.8) is 0 Å². The molecule has 0 aliphatic heterocycles. The highest BCUT2D eigenvalue weighted by Gasteiger charge is 2.20. The van der Waals surface area contributed by atoms with Crippen LogP contribution in [0.4, 0.5) is 5.82 Å². The van der Waals surface area contributed by atoms with E-state index < -0.39 is 0 Å². The van der Waals surface area contributed by atoms with E-state index >= 15 is 0 Å². The van der Waals surface area contributed by atoms with Gasteiger partial charge >= 0.3 is 0 Å². The van der Waals surface area contributed by atoms with Crippen LogP contribution in [0.2, 0.25) is 0 Å². The van der Waals surface area contributed by atoms with Crippen molar-refractivity contribution >= 4 is 21.7 Å². The highest BCUT2D eigenvalue weighted by atomic mass is 79.9. The molecule has 0 radical (unpaired) electrons. The first-order chi connectivity index (χ1) is 8.84. The van der Waals surface area contributed by atoms with Crippen molar-refractivity contribution in [2.45, 2.75) is 26.7 Å². The van der Waals surface area contributed by atoms with Crippen LogP contribution in [0.5, 0.6) is 5.75 Å². The molecule has 0 saturated heterocycles. The Morgan fingerprint density at radius 2 is 2.05 bits per heavy atom. The molecule has 4 nitrogen and oxygen atoms in total. The first-order valence-electron chi connectivity index (χ1n) is 6.14. The average molecular weight is 324 g/mol. The molecule has 19 heavy (non-hydrogen) atoms. The van der Waals surface area contributed by atoms with E-state index in [1.807, 2.05) is 26.8 Å². The van der Waals surface area contributed by atoms with Crippen LogP contribution in [0.25, 0.3) is 11.1 Å². The van der Waals surface area contributed by atoms with Crippen molar-refractivity contribution in [2.24, 2.45) is 7.05 Å². The lowest BCUT2D eigenvalue weighted by Gasteiger charge is -2.16. The monoisotopic (exact) mass is 323 g/mol. The van der Waals surface area contributed by atoms with Crippen LogP contribution in [0.3, 0.4) is 0 Å². The number of aromatic nitrogens is 2. The predicted molar refractivity (Wildman–Crippen MR) is 81.2 cm³/mol. The lowest BCUT2D eigenvalue weighted by Crippen LogP contribution is -2.00. The number of halogens is 1. The third-order valence-electron chi connectivity index (χ3n) is 3.40. The number of aromatic hydroxyl groups is 1. The van der Waals surface area contributed by atoms with Crippen molar-refractivity contribution in [3.8, 4) is 16.9 Å². The molecule has 3 N–H and O–H groups in total. The Balaban J connectivity index is 2.79. The van der Waals surface area contributed by atoms with E-state index in [1.54, 1.807) is 17.9 Å². The van der Waals surface area contributed by atoms with Gasteiger partial charge in [0.2, 0.25) is 0 Å². The molecule has 1 aromatic heterocycles. The van der Waals surface area contributed by atoms with Crippen molar-refractivity contribution in [2.75, 3.05) is 5.73 Å². The first kappa shape index (κ1) is 13.9. The molecule has 0 fully saturated rings. The van der Waals surface area contributed by atoms with Crippen LogP contribution in [0.1, 0.15) is 30.9 Å². The first-order valence-corrected chi connectivity index (χ1v) is 6.93. The minimum atomic E-state index is 0.230. The molecule has 0 saturated carbocycles. The lowest BCUT2D eigenvalue weighted by molar-refractivity contribution is 0.466. The van der Waals surface area contributed by atoms with Gasteiger partial charge in [-0.25, -0.2) is 0 Å². The molecule has 2 rings (SSSR count). The Morgan fingerprint density at radius 1 is 1.42 bits per heavy atom. The summed E-state index contributed by atoms with van der Waals surface area (Å²) in [6.07, 6.45) is 1.69. The van der Waals surface area contributed by atoms with Gasteiger partial charge in [-0.3, -0.25) is 4.68 Å². The highest BCUT2D eigenvalue weighted by molar-refractivity contribution is 9.10. The zero-order valence-corrected chi connectivity index (χ0v) is 13.1. The van der Waals surface area contributed by atoms with E-state index in [2.05, 4.69) is 21.0 Å². The van der Waals surface area contributed by atoms with Crippen LogP contribution in [0, 0.1) is 6.92 Å². The van der Waals surface area contributed by atoms with Crippen LogP contribution < -0.4 is 5.73 Å². The third kappa shape index (κ3) is 2.23. The number of phenols is 1. The quantitative estimate of drug-likeness (QED) is 0.888. The average Bonchev–Trinajstić information content (AvgIpc) is 2.66. The number of rotatable bonds is 2. The van der Waals surface area contributed by atoms with Gasteiger partial charge in [0.05, 0.1) is 6.20 Å². The van der Waals surface area contributed by atoms with Gasteiger partial charge in [-0.05, 0) is 30.0 Å². The van der Waals surface area contributed by atoms with E-state index in [9.17, 15) is 5.11 Å². The third-order valence-corrected chi connectivity index (χ3v) is 4.23. The minimum absolute atomic E-state index is 0.230. The minimum Gasteiger partial charge on any atom is -0.507 e. The molecule has 1 aromatic carbocycles. The molecule has 0 atom stereocenters. The van der Waals surface area contributed by atoms with Gasteiger partial charge in [0.1, 0.15) is 11.6 Å². The summed E-state index contributed by atoms with van der Waals surface area (Å²) in [4.78, 5) is 0. The maximum atomic E-state index is 10.5. The van der Waals surface area contributed by atoms with Gasteiger partial charge in [0.25, 0.3) is 0 Å². The number of benzene rings is 1. The van der Waals surface area contributed by atoms with Crippen LogP contribution in [0.15, 0.2) is 16.7 Å². The van der Waals surface area contributed by atoms with E-state index in [0.717, 1.165) is 26.7 Å². The molecule has 1 heterocycles. The molecule has 0 amide bonds. The van der Waals surface area contributed by atoms with E-state index in [1.165, 1.54) is 0 Å². The van der Waals surface area contributed by atoms with E-state index in [4.69, 9.17) is 5.73 Å². The number of phenolic OH excluding ortho intramolecular Hbond substituents is 1. The van der Waals surface area contributed by atoms with E-state index in [0.29, 0.717) is 5.82 Å². The maximum Gasteiger partial charge on any atom is 0.129 e. The maximum absolute atomic E-state index is 10.5.